The van der Waals surface area contributed by atoms with E-state index in [0.29, 0.717) is 6.04 Å². The molecule has 5 unspecified atom stereocenters. The van der Waals surface area contributed by atoms with Crippen molar-refractivity contribution >= 4 is 6.08 Å². The lowest BCUT2D eigenvalue weighted by molar-refractivity contribution is 0.251. The van der Waals surface area contributed by atoms with Crippen molar-refractivity contribution in [1.29, 1.82) is 0 Å². The monoisotopic (exact) mass is 163 g/mol. The summed E-state index contributed by atoms with van der Waals surface area (Å²) in [6, 6.07) is 0.367. The molecule has 12 heavy (non-hydrogen) atoms. The van der Waals surface area contributed by atoms with Crippen molar-refractivity contribution in [2.45, 2.75) is 31.7 Å². The minimum Gasteiger partial charge on any atom is -0.211 e. The van der Waals surface area contributed by atoms with Gasteiger partial charge in [0.05, 0.1) is 6.04 Å². The van der Waals surface area contributed by atoms with E-state index in [1.807, 2.05) is 0 Å². The van der Waals surface area contributed by atoms with Gasteiger partial charge in [-0.1, -0.05) is 0 Å². The summed E-state index contributed by atoms with van der Waals surface area (Å²) in [7, 11) is 0. The van der Waals surface area contributed by atoms with E-state index < -0.39 is 0 Å². The highest BCUT2D eigenvalue weighted by molar-refractivity contribution is 5.34. The maximum Gasteiger partial charge on any atom is 0.235 e. The lowest BCUT2D eigenvalue weighted by atomic mass is 9.79. The summed E-state index contributed by atoms with van der Waals surface area (Å²) in [5, 5.41) is 0. The molecule has 4 bridgehead atoms. The molecule has 2 heteroatoms. The van der Waals surface area contributed by atoms with Crippen molar-refractivity contribution in [3.63, 3.8) is 0 Å². The zero-order chi connectivity index (χ0) is 8.13. The van der Waals surface area contributed by atoms with Gasteiger partial charge in [-0.15, -0.1) is 0 Å². The van der Waals surface area contributed by atoms with Crippen LogP contribution in [0.4, 0.5) is 0 Å². The molecular weight excluding hydrogens is 150 g/mol. The highest BCUT2D eigenvalue weighted by Gasteiger charge is 2.53. The van der Waals surface area contributed by atoms with Crippen LogP contribution in [0, 0.1) is 23.7 Å². The lowest BCUT2D eigenvalue weighted by Gasteiger charge is -2.28. The predicted octanol–water partition coefficient (Wildman–Crippen LogP) is 1.76. The standard InChI is InChI=1S/C10H13NO/c12-5-11-10-8-2-6-1-7(4-8)9(10)3-6/h6-10H,1-4H2. The van der Waals surface area contributed by atoms with E-state index in [4.69, 9.17) is 0 Å². The van der Waals surface area contributed by atoms with Crippen molar-refractivity contribution in [2.24, 2.45) is 28.7 Å². The zero-order valence-electron chi connectivity index (χ0n) is 7.07. The molecule has 0 heterocycles. The third kappa shape index (κ3) is 0.714. The van der Waals surface area contributed by atoms with Crippen LogP contribution in [0.15, 0.2) is 4.99 Å². The molecule has 4 aliphatic carbocycles. The van der Waals surface area contributed by atoms with Gasteiger partial charge in [0.2, 0.25) is 6.08 Å². The van der Waals surface area contributed by atoms with Gasteiger partial charge in [-0.05, 0) is 49.4 Å². The van der Waals surface area contributed by atoms with E-state index in [0.717, 1.165) is 23.7 Å². The van der Waals surface area contributed by atoms with Crippen molar-refractivity contribution < 1.29 is 4.79 Å². The highest BCUT2D eigenvalue weighted by Crippen LogP contribution is 2.58. The second kappa shape index (κ2) is 2.20. The summed E-state index contributed by atoms with van der Waals surface area (Å²) < 4.78 is 0. The number of hydrogen-bond donors (Lipinski definition) is 0. The first-order valence-corrected chi connectivity index (χ1v) is 4.95. The molecule has 0 N–H and O–H groups in total. The summed E-state index contributed by atoms with van der Waals surface area (Å²) in [5.41, 5.74) is 0. The number of carbonyl (C=O) groups excluding carboxylic acids is 1. The van der Waals surface area contributed by atoms with Crippen molar-refractivity contribution in [2.75, 3.05) is 0 Å². The minimum absolute atomic E-state index is 0.367. The first-order chi connectivity index (χ1) is 5.88. The third-order valence-electron chi connectivity index (χ3n) is 4.21. The molecule has 0 radical (unpaired) electrons. The van der Waals surface area contributed by atoms with Crippen LogP contribution in [-0.4, -0.2) is 12.1 Å². The van der Waals surface area contributed by atoms with Crippen molar-refractivity contribution in [3.8, 4) is 0 Å². The largest absolute Gasteiger partial charge is 0.235 e. The molecule has 4 fully saturated rings. The summed E-state index contributed by atoms with van der Waals surface area (Å²) in [6.45, 7) is 0. The molecule has 4 rings (SSSR count). The highest BCUT2D eigenvalue weighted by atomic mass is 16.1. The Labute approximate surface area is 72.1 Å². The van der Waals surface area contributed by atoms with Gasteiger partial charge in [-0.2, -0.15) is 0 Å². The molecule has 64 valence electrons. The Morgan fingerprint density at radius 1 is 1.08 bits per heavy atom. The SMILES string of the molecule is O=C=NC1C2CC3CC(C2)C1C3. The Balaban J connectivity index is 1.94. The van der Waals surface area contributed by atoms with Crippen LogP contribution in [0.25, 0.3) is 0 Å². The average molecular weight is 163 g/mol. The Morgan fingerprint density at radius 2 is 1.92 bits per heavy atom. The van der Waals surface area contributed by atoms with Gasteiger partial charge in [0, 0.05) is 0 Å². The maximum absolute atomic E-state index is 10.2. The lowest BCUT2D eigenvalue weighted by Crippen LogP contribution is -2.26. The molecule has 0 amide bonds. The molecule has 4 saturated carbocycles. The second-order valence-corrected chi connectivity index (χ2v) is 4.70. The van der Waals surface area contributed by atoms with E-state index in [9.17, 15) is 4.79 Å². The number of nitrogens with zero attached hydrogens (tertiary/aromatic N) is 1. The third-order valence-corrected chi connectivity index (χ3v) is 4.21. The van der Waals surface area contributed by atoms with Gasteiger partial charge in [0.25, 0.3) is 0 Å². The second-order valence-electron chi connectivity index (χ2n) is 4.70. The van der Waals surface area contributed by atoms with Crippen LogP contribution in [0.5, 0.6) is 0 Å². The Bertz CT molecular complexity index is 253. The summed E-state index contributed by atoms with van der Waals surface area (Å²) in [4.78, 5) is 14.2. The Hall–Kier alpha value is -0.620. The summed E-state index contributed by atoms with van der Waals surface area (Å²) in [5.74, 6) is 3.40. The number of aliphatic imine (C=N–C) groups is 1. The van der Waals surface area contributed by atoms with E-state index in [1.165, 1.54) is 25.7 Å². The molecule has 0 spiro atoms. The normalized spacial score (nSPS) is 54.2. The van der Waals surface area contributed by atoms with Gasteiger partial charge in [-0.3, -0.25) is 0 Å². The van der Waals surface area contributed by atoms with Gasteiger partial charge >= 0.3 is 0 Å². The maximum atomic E-state index is 10.2. The summed E-state index contributed by atoms with van der Waals surface area (Å²) >= 11 is 0. The minimum atomic E-state index is 0.367. The van der Waals surface area contributed by atoms with Gasteiger partial charge in [0.15, 0.2) is 0 Å². The van der Waals surface area contributed by atoms with E-state index in [2.05, 4.69) is 4.99 Å². The molecule has 0 aliphatic heterocycles. The smallest absolute Gasteiger partial charge is 0.211 e. The van der Waals surface area contributed by atoms with E-state index >= 15 is 0 Å². The molecule has 4 aliphatic rings. The molecule has 0 aromatic heterocycles. The Kier molecular flexibility index (Phi) is 1.25. The molecule has 5 atom stereocenters. The molecule has 0 aromatic carbocycles. The van der Waals surface area contributed by atoms with Crippen molar-refractivity contribution in [1.82, 2.24) is 0 Å². The van der Waals surface area contributed by atoms with E-state index in [1.54, 1.807) is 6.08 Å². The topological polar surface area (TPSA) is 29.4 Å². The number of hydrogen-bond acceptors (Lipinski definition) is 2. The fourth-order valence-corrected chi connectivity index (χ4v) is 3.96. The fraction of sp³-hybridized carbons (Fsp3) is 0.900. The van der Waals surface area contributed by atoms with Crippen LogP contribution in [-0.2, 0) is 4.79 Å². The molecule has 2 nitrogen and oxygen atoms in total. The summed E-state index contributed by atoms with van der Waals surface area (Å²) in [6.07, 6.45) is 7.20. The molecule has 0 aromatic rings. The van der Waals surface area contributed by atoms with Gasteiger partial charge < -0.3 is 0 Å². The average Bonchev–Trinajstić information content (AvgIpc) is 2.46. The quantitative estimate of drug-likeness (QED) is 0.428. The van der Waals surface area contributed by atoms with Crippen LogP contribution in [0.2, 0.25) is 0 Å². The number of isocyanates is 1. The first-order valence-electron chi connectivity index (χ1n) is 4.95. The fourth-order valence-electron chi connectivity index (χ4n) is 3.96. The molecule has 0 saturated heterocycles. The van der Waals surface area contributed by atoms with Gasteiger partial charge in [-0.25, -0.2) is 9.79 Å². The van der Waals surface area contributed by atoms with Crippen LogP contribution >= 0.6 is 0 Å². The zero-order valence-corrected chi connectivity index (χ0v) is 7.07. The molecular formula is C10H13NO. The first kappa shape index (κ1) is 6.85. The van der Waals surface area contributed by atoms with Gasteiger partial charge in [0.1, 0.15) is 0 Å². The van der Waals surface area contributed by atoms with Crippen LogP contribution in [0.3, 0.4) is 0 Å². The van der Waals surface area contributed by atoms with Crippen molar-refractivity contribution in [3.05, 3.63) is 0 Å². The number of rotatable bonds is 1. The van der Waals surface area contributed by atoms with E-state index in [-0.39, 0.29) is 0 Å². The van der Waals surface area contributed by atoms with Crippen LogP contribution < -0.4 is 0 Å². The predicted molar refractivity (Wildman–Crippen MR) is 44.3 cm³/mol. The Morgan fingerprint density at radius 3 is 2.67 bits per heavy atom. The van der Waals surface area contributed by atoms with Crippen LogP contribution in [0.1, 0.15) is 25.7 Å².